The van der Waals surface area contributed by atoms with Crippen LogP contribution < -0.4 is 0 Å². The number of carboxylic acid groups (broad SMARTS) is 1. The Labute approximate surface area is 137 Å². The number of carbonyl (C=O) groups is 1. The van der Waals surface area contributed by atoms with Crippen molar-refractivity contribution in [2.24, 2.45) is 0 Å². The van der Waals surface area contributed by atoms with E-state index in [0.29, 0.717) is 15.8 Å². The molecule has 0 atom stereocenters. The number of nitro groups is 1. The van der Waals surface area contributed by atoms with Crippen LogP contribution >= 0.6 is 22.9 Å². The van der Waals surface area contributed by atoms with E-state index in [1.165, 1.54) is 15.9 Å². The highest BCUT2D eigenvalue weighted by molar-refractivity contribution is 7.19. The maximum absolute atomic E-state index is 11.2. The summed E-state index contributed by atoms with van der Waals surface area (Å²) in [5.74, 6) is -0.762. The fraction of sp³-hybridized carbons (Fsp3) is 0.0769. The van der Waals surface area contributed by atoms with Gasteiger partial charge in [-0.3, -0.25) is 10.1 Å². The second kappa shape index (κ2) is 5.86. The van der Waals surface area contributed by atoms with E-state index in [1.54, 1.807) is 18.2 Å². The summed E-state index contributed by atoms with van der Waals surface area (Å²) < 4.78 is 7.04. The Balaban J connectivity index is 1.89. The third-order valence-corrected chi connectivity index (χ3v) is 4.27. The number of carboxylic acids is 1. The van der Waals surface area contributed by atoms with Gasteiger partial charge in [-0.25, -0.2) is 4.79 Å². The summed E-state index contributed by atoms with van der Waals surface area (Å²) in [6.45, 7) is 0.0398. The first-order valence-electron chi connectivity index (χ1n) is 6.23. The average Bonchev–Trinajstić information content (AvgIpc) is 3.18. The Morgan fingerprint density at radius 3 is 2.87 bits per heavy atom. The van der Waals surface area contributed by atoms with Crippen molar-refractivity contribution < 1.29 is 19.3 Å². The molecule has 118 valence electrons. The minimum atomic E-state index is -1.26. The Morgan fingerprint density at radius 1 is 1.48 bits per heavy atom. The largest absolute Gasteiger partial charge is 0.477 e. The van der Waals surface area contributed by atoms with Gasteiger partial charge in [-0.1, -0.05) is 16.8 Å². The van der Waals surface area contributed by atoms with Crippen molar-refractivity contribution in [2.75, 3.05) is 0 Å². The molecular formula is C13H8ClN3O5S. The summed E-state index contributed by atoms with van der Waals surface area (Å²) in [5, 5.41) is 23.8. The first kappa shape index (κ1) is 15.3. The number of aromatic nitrogens is 2. The van der Waals surface area contributed by atoms with Crippen molar-refractivity contribution in [1.29, 1.82) is 0 Å². The summed E-state index contributed by atoms with van der Waals surface area (Å²) >= 11 is 7.18. The van der Waals surface area contributed by atoms with Gasteiger partial charge in [-0.05, 0) is 12.1 Å². The van der Waals surface area contributed by atoms with E-state index < -0.39 is 10.9 Å². The van der Waals surface area contributed by atoms with Crippen LogP contribution in [0.5, 0.6) is 0 Å². The molecule has 0 aliphatic rings. The SMILES string of the molecule is O=C(O)c1cc([N+](=O)[O-])cn1Cc1cc(-c2ccc(Cl)s2)on1. The van der Waals surface area contributed by atoms with Gasteiger partial charge < -0.3 is 14.2 Å². The Morgan fingerprint density at radius 2 is 2.26 bits per heavy atom. The number of aromatic carboxylic acids is 1. The van der Waals surface area contributed by atoms with Crippen molar-refractivity contribution in [3.8, 4) is 10.6 Å². The van der Waals surface area contributed by atoms with E-state index in [9.17, 15) is 14.9 Å². The molecule has 0 unspecified atom stereocenters. The van der Waals surface area contributed by atoms with Crippen LogP contribution in [0.2, 0.25) is 4.34 Å². The van der Waals surface area contributed by atoms with Crippen LogP contribution in [0.4, 0.5) is 5.69 Å². The monoisotopic (exact) mass is 353 g/mol. The van der Waals surface area contributed by atoms with Crippen LogP contribution in [0, 0.1) is 10.1 Å². The lowest BCUT2D eigenvalue weighted by Gasteiger charge is -2.01. The minimum absolute atomic E-state index is 0.0398. The number of nitrogens with zero attached hydrogens (tertiary/aromatic N) is 3. The molecule has 10 heteroatoms. The molecule has 23 heavy (non-hydrogen) atoms. The molecule has 3 rings (SSSR count). The third kappa shape index (κ3) is 3.10. The van der Waals surface area contributed by atoms with Crippen LogP contribution in [0.1, 0.15) is 16.2 Å². The summed E-state index contributed by atoms with van der Waals surface area (Å²) in [5.41, 5.74) is -0.0471. The molecule has 3 aromatic rings. The summed E-state index contributed by atoms with van der Waals surface area (Å²) in [6, 6.07) is 6.14. The summed E-state index contributed by atoms with van der Waals surface area (Å²) in [4.78, 5) is 22.1. The highest BCUT2D eigenvalue weighted by Crippen LogP contribution is 2.31. The van der Waals surface area contributed by atoms with E-state index in [2.05, 4.69) is 5.16 Å². The van der Waals surface area contributed by atoms with Gasteiger partial charge in [-0.15, -0.1) is 11.3 Å². The zero-order chi connectivity index (χ0) is 16.6. The lowest BCUT2D eigenvalue weighted by molar-refractivity contribution is -0.384. The normalized spacial score (nSPS) is 10.8. The number of halogens is 1. The van der Waals surface area contributed by atoms with Gasteiger partial charge in [-0.2, -0.15) is 0 Å². The third-order valence-electron chi connectivity index (χ3n) is 3.02. The number of hydrogen-bond acceptors (Lipinski definition) is 6. The topological polar surface area (TPSA) is 111 Å². The van der Waals surface area contributed by atoms with Crippen LogP contribution in [0.3, 0.4) is 0 Å². The first-order chi connectivity index (χ1) is 10.9. The summed E-state index contributed by atoms with van der Waals surface area (Å²) in [6.07, 6.45) is 1.15. The molecule has 0 bridgehead atoms. The zero-order valence-corrected chi connectivity index (χ0v) is 12.9. The molecule has 0 radical (unpaired) electrons. The molecule has 0 aliphatic carbocycles. The molecule has 8 nitrogen and oxygen atoms in total. The second-order valence-corrected chi connectivity index (χ2v) is 6.28. The van der Waals surface area contributed by atoms with Crippen molar-refractivity contribution in [2.45, 2.75) is 6.54 Å². The number of thiophene rings is 1. The lowest BCUT2D eigenvalue weighted by Crippen LogP contribution is -2.08. The zero-order valence-electron chi connectivity index (χ0n) is 11.3. The van der Waals surface area contributed by atoms with Crippen LogP contribution in [0.25, 0.3) is 10.6 Å². The van der Waals surface area contributed by atoms with Gasteiger partial charge in [0.2, 0.25) is 0 Å². The van der Waals surface area contributed by atoms with Gasteiger partial charge in [0.25, 0.3) is 5.69 Å². The smallest absolute Gasteiger partial charge is 0.352 e. The number of rotatable bonds is 5. The molecule has 1 N–H and O–H groups in total. The highest BCUT2D eigenvalue weighted by Gasteiger charge is 2.20. The van der Waals surface area contributed by atoms with Crippen molar-refractivity contribution >= 4 is 34.6 Å². The van der Waals surface area contributed by atoms with Crippen molar-refractivity contribution in [3.05, 3.63) is 56.3 Å². The Hall–Kier alpha value is -2.65. The quantitative estimate of drug-likeness (QED) is 0.555. The molecule has 0 aliphatic heterocycles. The van der Waals surface area contributed by atoms with Gasteiger partial charge >= 0.3 is 5.97 Å². The standard InChI is InChI=1S/C13H8ClN3O5S/c14-12-2-1-11(23-12)10-3-7(15-22-10)5-16-6-8(17(20)21)4-9(16)13(18)19/h1-4,6H,5H2,(H,18,19). The average molecular weight is 354 g/mol. The minimum Gasteiger partial charge on any atom is -0.477 e. The molecule has 0 amide bonds. The van der Waals surface area contributed by atoms with Crippen molar-refractivity contribution in [3.63, 3.8) is 0 Å². The molecule has 0 spiro atoms. The molecule has 0 saturated heterocycles. The van der Waals surface area contributed by atoms with Crippen molar-refractivity contribution in [1.82, 2.24) is 9.72 Å². The van der Waals surface area contributed by atoms with Crippen LogP contribution in [-0.2, 0) is 6.54 Å². The van der Waals surface area contributed by atoms with Crippen LogP contribution in [-0.4, -0.2) is 25.7 Å². The highest BCUT2D eigenvalue weighted by atomic mass is 35.5. The van der Waals surface area contributed by atoms with Gasteiger partial charge in [0, 0.05) is 12.1 Å². The Kier molecular flexibility index (Phi) is 3.89. The second-order valence-electron chi connectivity index (χ2n) is 4.56. The molecule has 0 saturated carbocycles. The van der Waals surface area contributed by atoms with E-state index in [0.717, 1.165) is 17.1 Å². The van der Waals surface area contributed by atoms with E-state index in [1.807, 2.05) is 0 Å². The predicted molar refractivity (Wildman–Crippen MR) is 82.0 cm³/mol. The molecule has 3 aromatic heterocycles. The van der Waals surface area contributed by atoms with E-state index in [4.69, 9.17) is 21.2 Å². The molecule has 0 fully saturated rings. The van der Waals surface area contributed by atoms with Gasteiger partial charge in [0.1, 0.15) is 11.4 Å². The molecule has 3 heterocycles. The van der Waals surface area contributed by atoms with E-state index >= 15 is 0 Å². The lowest BCUT2D eigenvalue weighted by atomic mass is 10.3. The predicted octanol–water partition coefficient (Wildman–Crippen LogP) is 3.51. The maximum Gasteiger partial charge on any atom is 0.352 e. The maximum atomic E-state index is 11.2. The number of hydrogen-bond donors (Lipinski definition) is 1. The van der Waals surface area contributed by atoms with Gasteiger partial charge in [0.05, 0.1) is 26.9 Å². The molecule has 0 aromatic carbocycles. The fourth-order valence-corrected chi connectivity index (χ4v) is 3.02. The van der Waals surface area contributed by atoms with Gasteiger partial charge in [0.15, 0.2) is 5.76 Å². The Bertz CT molecular complexity index is 897. The summed E-state index contributed by atoms with van der Waals surface area (Å²) in [7, 11) is 0. The fourth-order valence-electron chi connectivity index (χ4n) is 2.03. The molecular weight excluding hydrogens is 346 g/mol. The van der Waals surface area contributed by atoms with E-state index in [-0.39, 0.29) is 17.9 Å². The first-order valence-corrected chi connectivity index (χ1v) is 7.42. The van der Waals surface area contributed by atoms with Crippen LogP contribution in [0.15, 0.2) is 35.0 Å².